The molecule has 4 rings (SSSR count). The van der Waals surface area contributed by atoms with E-state index < -0.39 is 47.8 Å². The number of aliphatic hydroxyl groups is 1. The third-order valence-corrected chi connectivity index (χ3v) is 6.15. The highest BCUT2D eigenvalue weighted by atomic mass is 16.5. The summed E-state index contributed by atoms with van der Waals surface area (Å²) < 4.78 is 10.3. The van der Waals surface area contributed by atoms with Crippen LogP contribution in [0.15, 0.2) is 36.4 Å². The number of benzene rings is 2. The molecule has 2 heterocycles. The van der Waals surface area contributed by atoms with E-state index in [1.165, 1.54) is 14.2 Å². The van der Waals surface area contributed by atoms with Gasteiger partial charge in [0, 0.05) is 18.5 Å². The number of hydrogen-bond donors (Lipinski definition) is 2. The molecule has 2 fully saturated rings. The molecular weight excluding hydrogens is 376 g/mol. The Morgan fingerprint density at radius 2 is 1.83 bits per heavy atom. The van der Waals surface area contributed by atoms with Crippen LogP contribution in [0.1, 0.15) is 11.6 Å². The quantitative estimate of drug-likeness (QED) is 0.575. The molecular formula is C21H22N2O6. The number of rotatable bonds is 4. The van der Waals surface area contributed by atoms with E-state index in [-0.39, 0.29) is 0 Å². The standard InChI is InChI=1S/C21H22N2O6/c1-23-18(25)15-16(19(23)26)21(10-24,20(27)29-3)22-17(15)13-8-9-14(28-2)12-7-5-4-6-11(12)13/h4-9,15-17,22,24H,10H2,1-3H3/t15-,16-,17-,21-/m1/s1. The lowest BCUT2D eigenvalue weighted by atomic mass is 9.79. The fraction of sp³-hybridized carbons (Fsp3) is 0.381. The largest absolute Gasteiger partial charge is 0.496 e. The smallest absolute Gasteiger partial charge is 0.329 e. The van der Waals surface area contributed by atoms with Gasteiger partial charge in [0.25, 0.3) is 0 Å². The lowest BCUT2D eigenvalue weighted by Crippen LogP contribution is -2.58. The number of methoxy groups -OCH3 is 2. The van der Waals surface area contributed by atoms with Crippen molar-refractivity contribution in [1.82, 2.24) is 10.2 Å². The van der Waals surface area contributed by atoms with E-state index in [4.69, 9.17) is 9.47 Å². The normalized spacial score (nSPS) is 28.7. The summed E-state index contributed by atoms with van der Waals surface area (Å²) in [5.41, 5.74) is -0.949. The molecule has 2 aromatic carbocycles. The molecule has 2 N–H and O–H groups in total. The molecule has 0 unspecified atom stereocenters. The first-order chi connectivity index (χ1) is 13.9. The minimum Gasteiger partial charge on any atom is -0.496 e. The summed E-state index contributed by atoms with van der Waals surface area (Å²) in [6.45, 7) is -0.668. The van der Waals surface area contributed by atoms with Crippen molar-refractivity contribution in [3.05, 3.63) is 42.0 Å². The zero-order valence-electron chi connectivity index (χ0n) is 16.3. The van der Waals surface area contributed by atoms with Crippen molar-refractivity contribution in [2.24, 2.45) is 11.8 Å². The number of carbonyl (C=O) groups excluding carboxylic acids is 3. The van der Waals surface area contributed by atoms with Crippen LogP contribution in [0.25, 0.3) is 10.8 Å². The van der Waals surface area contributed by atoms with Crippen LogP contribution in [-0.4, -0.2) is 61.2 Å². The second-order valence-electron chi connectivity index (χ2n) is 7.38. The third-order valence-electron chi connectivity index (χ3n) is 6.15. The highest BCUT2D eigenvalue weighted by Gasteiger charge is 2.68. The highest BCUT2D eigenvalue weighted by molar-refractivity contribution is 6.09. The summed E-state index contributed by atoms with van der Waals surface area (Å²) in [6, 6.07) is 10.5. The number of nitrogens with one attached hydrogen (secondary N) is 1. The van der Waals surface area contributed by atoms with Gasteiger partial charge in [0.2, 0.25) is 11.8 Å². The molecule has 8 heteroatoms. The van der Waals surface area contributed by atoms with Crippen LogP contribution in [0.5, 0.6) is 5.75 Å². The monoisotopic (exact) mass is 398 g/mol. The van der Waals surface area contributed by atoms with Gasteiger partial charge < -0.3 is 14.6 Å². The summed E-state index contributed by atoms with van der Waals surface area (Å²) >= 11 is 0. The van der Waals surface area contributed by atoms with Crippen LogP contribution in [-0.2, 0) is 19.1 Å². The number of hydrogen-bond acceptors (Lipinski definition) is 7. The fourth-order valence-electron chi connectivity index (χ4n) is 4.74. The summed E-state index contributed by atoms with van der Waals surface area (Å²) in [4.78, 5) is 39.5. The molecule has 0 aliphatic carbocycles. The summed E-state index contributed by atoms with van der Waals surface area (Å²) in [6.07, 6.45) is 0. The van der Waals surface area contributed by atoms with Gasteiger partial charge in [-0.05, 0) is 17.0 Å². The van der Waals surface area contributed by atoms with Gasteiger partial charge in [0.1, 0.15) is 5.75 Å². The van der Waals surface area contributed by atoms with Gasteiger partial charge in [0.15, 0.2) is 5.54 Å². The number of ether oxygens (including phenoxy) is 2. The molecule has 29 heavy (non-hydrogen) atoms. The van der Waals surface area contributed by atoms with Crippen LogP contribution in [0, 0.1) is 11.8 Å². The van der Waals surface area contributed by atoms with Gasteiger partial charge in [-0.1, -0.05) is 30.3 Å². The first-order valence-electron chi connectivity index (χ1n) is 9.25. The number of likely N-dealkylation sites (tertiary alicyclic amines) is 1. The zero-order chi connectivity index (χ0) is 20.9. The molecule has 0 bridgehead atoms. The maximum atomic E-state index is 13.0. The Morgan fingerprint density at radius 3 is 2.45 bits per heavy atom. The number of imide groups is 1. The molecule has 2 amide bonds. The van der Waals surface area contributed by atoms with Crippen LogP contribution in [0.2, 0.25) is 0 Å². The first kappa shape index (κ1) is 19.4. The fourth-order valence-corrected chi connectivity index (χ4v) is 4.74. The first-order valence-corrected chi connectivity index (χ1v) is 9.25. The third kappa shape index (κ3) is 2.49. The topological polar surface area (TPSA) is 105 Å². The number of fused-ring (bicyclic) bond motifs is 2. The molecule has 152 valence electrons. The van der Waals surface area contributed by atoms with Crippen molar-refractivity contribution in [3.8, 4) is 5.75 Å². The number of carbonyl (C=O) groups is 3. The Bertz CT molecular complexity index is 1020. The predicted octanol–water partition coefficient (Wildman–Crippen LogP) is 0.628. The minimum absolute atomic E-state index is 0.392. The van der Waals surface area contributed by atoms with Crippen molar-refractivity contribution in [3.63, 3.8) is 0 Å². The van der Waals surface area contributed by atoms with Gasteiger partial charge in [-0.15, -0.1) is 0 Å². The van der Waals surface area contributed by atoms with Gasteiger partial charge in [-0.25, -0.2) is 4.79 Å². The predicted molar refractivity (Wildman–Crippen MR) is 103 cm³/mol. The molecule has 2 aromatic rings. The van der Waals surface area contributed by atoms with Crippen LogP contribution >= 0.6 is 0 Å². The average Bonchev–Trinajstić information content (AvgIpc) is 3.22. The van der Waals surface area contributed by atoms with E-state index >= 15 is 0 Å². The van der Waals surface area contributed by atoms with Crippen LogP contribution in [0.3, 0.4) is 0 Å². The number of esters is 1. The molecule has 0 saturated carbocycles. The van der Waals surface area contributed by atoms with Gasteiger partial charge in [-0.2, -0.15) is 0 Å². The summed E-state index contributed by atoms with van der Waals surface area (Å²) in [5.74, 6) is -2.89. The summed E-state index contributed by atoms with van der Waals surface area (Å²) in [7, 11) is 4.16. The molecule has 2 aliphatic heterocycles. The molecule has 0 spiro atoms. The molecule has 8 nitrogen and oxygen atoms in total. The Kier molecular flexibility index (Phi) is 4.55. The van der Waals surface area contributed by atoms with E-state index in [2.05, 4.69) is 5.32 Å². The molecule has 2 saturated heterocycles. The second-order valence-corrected chi connectivity index (χ2v) is 7.38. The number of nitrogens with zero attached hydrogens (tertiary/aromatic N) is 1. The van der Waals surface area contributed by atoms with E-state index in [0.717, 1.165) is 21.2 Å². The van der Waals surface area contributed by atoms with Gasteiger partial charge >= 0.3 is 5.97 Å². The van der Waals surface area contributed by atoms with E-state index in [1.54, 1.807) is 13.2 Å². The van der Waals surface area contributed by atoms with Crippen LogP contribution < -0.4 is 10.1 Å². The lowest BCUT2D eigenvalue weighted by Gasteiger charge is -2.30. The molecule has 0 aromatic heterocycles. The second kappa shape index (κ2) is 6.82. The van der Waals surface area contributed by atoms with Crippen molar-refractivity contribution >= 4 is 28.6 Å². The Morgan fingerprint density at radius 1 is 1.14 bits per heavy atom. The van der Waals surface area contributed by atoms with Crippen molar-refractivity contribution in [2.75, 3.05) is 27.9 Å². The van der Waals surface area contributed by atoms with Crippen molar-refractivity contribution in [1.29, 1.82) is 0 Å². The zero-order valence-corrected chi connectivity index (χ0v) is 16.3. The SMILES string of the molecule is COC(=O)[C@]1(CO)N[C@H](c2ccc(OC)c3ccccc23)[C@@H]2C(=O)N(C)C(=O)[C@@H]21. The van der Waals surface area contributed by atoms with E-state index in [1.807, 2.05) is 30.3 Å². The Labute approximate surface area is 167 Å². The average molecular weight is 398 g/mol. The van der Waals surface area contributed by atoms with Gasteiger partial charge in [0.05, 0.1) is 32.7 Å². The Balaban J connectivity index is 1.94. The maximum Gasteiger partial charge on any atom is 0.329 e. The van der Waals surface area contributed by atoms with Crippen LogP contribution in [0.4, 0.5) is 0 Å². The minimum atomic E-state index is -1.69. The molecule has 4 atom stereocenters. The molecule has 2 aliphatic rings. The lowest BCUT2D eigenvalue weighted by molar-refractivity contribution is -0.156. The van der Waals surface area contributed by atoms with E-state index in [0.29, 0.717) is 5.75 Å². The van der Waals surface area contributed by atoms with Crippen molar-refractivity contribution < 1.29 is 29.0 Å². The Hall–Kier alpha value is -2.97. The highest BCUT2D eigenvalue weighted by Crippen LogP contribution is 2.50. The van der Waals surface area contributed by atoms with Gasteiger partial charge in [-0.3, -0.25) is 19.8 Å². The summed E-state index contributed by atoms with van der Waals surface area (Å²) in [5, 5.41) is 14.9. The maximum absolute atomic E-state index is 13.0. The number of amides is 2. The van der Waals surface area contributed by atoms with E-state index in [9.17, 15) is 19.5 Å². The molecule has 0 radical (unpaired) electrons. The van der Waals surface area contributed by atoms with Crippen molar-refractivity contribution in [2.45, 2.75) is 11.6 Å². The number of aliphatic hydroxyl groups excluding tert-OH is 1.